The Balaban J connectivity index is 1.86. The molecule has 0 aliphatic heterocycles. The van der Waals surface area contributed by atoms with Crippen LogP contribution in [0.5, 0.6) is 17.2 Å². The highest BCUT2D eigenvalue weighted by Crippen LogP contribution is 2.40. The second kappa shape index (κ2) is 8.16. The van der Waals surface area contributed by atoms with Crippen LogP contribution in [0.25, 0.3) is 23.5 Å². The number of aromatic nitrogens is 2. The molecule has 5 nitrogen and oxygen atoms in total. The number of hydrogen-bond acceptors (Lipinski definition) is 5. The van der Waals surface area contributed by atoms with Crippen molar-refractivity contribution in [2.75, 3.05) is 21.3 Å². The first-order valence-electron chi connectivity index (χ1n) is 8.11. The summed E-state index contributed by atoms with van der Waals surface area (Å²) in [5.41, 5.74) is 3.55. The van der Waals surface area contributed by atoms with Gasteiger partial charge in [0, 0.05) is 18.0 Å². The van der Waals surface area contributed by atoms with Crippen LogP contribution in [0.15, 0.2) is 54.9 Å². The summed E-state index contributed by atoms with van der Waals surface area (Å²) in [5, 5.41) is 0. The summed E-state index contributed by atoms with van der Waals surface area (Å²) < 4.78 is 16.2. The molecule has 2 aromatic heterocycles. The highest BCUT2D eigenvalue weighted by molar-refractivity contribution is 5.76. The van der Waals surface area contributed by atoms with Crippen molar-refractivity contribution in [1.29, 1.82) is 0 Å². The van der Waals surface area contributed by atoms with E-state index in [2.05, 4.69) is 9.97 Å². The van der Waals surface area contributed by atoms with E-state index in [-0.39, 0.29) is 0 Å². The van der Waals surface area contributed by atoms with Gasteiger partial charge >= 0.3 is 0 Å². The van der Waals surface area contributed by atoms with Gasteiger partial charge in [0.25, 0.3) is 0 Å². The molecule has 0 saturated heterocycles. The number of nitrogens with zero attached hydrogens (tertiary/aromatic N) is 2. The zero-order valence-corrected chi connectivity index (χ0v) is 15.0. The Morgan fingerprint density at radius 1 is 0.731 bits per heavy atom. The van der Waals surface area contributed by atoms with Gasteiger partial charge in [-0.05, 0) is 35.9 Å². The standard InChI is InChI=1S/C21H20N2O3/c1-24-19-12-10-16(20(25-2)21(19)26-3)9-7-15-8-11-18(23-14-15)17-6-4-5-13-22-17/h4-14H,1-3H3. The number of hydrogen-bond donors (Lipinski definition) is 0. The van der Waals surface area contributed by atoms with Crippen molar-refractivity contribution in [2.24, 2.45) is 0 Å². The van der Waals surface area contributed by atoms with Crippen LogP contribution >= 0.6 is 0 Å². The third-order valence-electron chi connectivity index (χ3n) is 3.90. The number of pyridine rings is 2. The van der Waals surface area contributed by atoms with Gasteiger partial charge in [0.05, 0.1) is 32.7 Å². The molecule has 2 heterocycles. The third kappa shape index (κ3) is 3.67. The minimum Gasteiger partial charge on any atom is -0.493 e. The molecule has 5 heteroatoms. The average Bonchev–Trinajstić information content (AvgIpc) is 2.72. The summed E-state index contributed by atoms with van der Waals surface area (Å²) in [4.78, 5) is 8.78. The van der Waals surface area contributed by atoms with Gasteiger partial charge in [-0.2, -0.15) is 0 Å². The maximum absolute atomic E-state index is 5.50. The molecule has 0 atom stereocenters. The van der Waals surface area contributed by atoms with Crippen molar-refractivity contribution in [3.63, 3.8) is 0 Å². The second-order valence-electron chi connectivity index (χ2n) is 5.45. The molecule has 26 heavy (non-hydrogen) atoms. The normalized spacial score (nSPS) is 10.7. The number of benzene rings is 1. The van der Waals surface area contributed by atoms with Crippen LogP contribution < -0.4 is 14.2 Å². The Bertz CT molecular complexity index is 891. The van der Waals surface area contributed by atoms with E-state index in [1.165, 1.54) is 0 Å². The third-order valence-corrected chi connectivity index (χ3v) is 3.90. The van der Waals surface area contributed by atoms with Gasteiger partial charge in [0.1, 0.15) is 0 Å². The van der Waals surface area contributed by atoms with Crippen LogP contribution in [-0.4, -0.2) is 31.3 Å². The maximum Gasteiger partial charge on any atom is 0.203 e. The quantitative estimate of drug-likeness (QED) is 0.663. The zero-order chi connectivity index (χ0) is 18.4. The monoisotopic (exact) mass is 348 g/mol. The van der Waals surface area contributed by atoms with E-state index in [4.69, 9.17) is 14.2 Å². The lowest BCUT2D eigenvalue weighted by atomic mass is 10.1. The van der Waals surface area contributed by atoms with E-state index in [0.29, 0.717) is 17.2 Å². The van der Waals surface area contributed by atoms with E-state index < -0.39 is 0 Å². The first-order valence-corrected chi connectivity index (χ1v) is 8.11. The van der Waals surface area contributed by atoms with Crippen LogP contribution in [0.4, 0.5) is 0 Å². The Morgan fingerprint density at radius 2 is 1.54 bits per heavy atom. The van der Waals surface area contributed by atoms with E-state index in [9.17, 15) is 0 Å². The van der Waals surface area contributed by atoms with Gasteiger partial charge in [0.15, 0.2) is 11.5 Å². The predicted octanol–water partition coefficient (Wildman–Crippen LogP) is 4.34. The lowest BCUT2D eigenvalue weighted by Gasteiger charge is -2.14. The molecule has 3 aromatic rings. The summed E-state index contributed by atoms with van der Waals surface area (Å²) >= 11 is 0. The molecule has 3 rings (SSSR count). The molecule has 0 fully saturated rings. The smallest absolute Gasteiger partial charge is 0.203 e. The zero-order valence-electron chi connectivity index (χ0n) is 15.0. The summed E-state index contributed by atoms with van der Waals surface area (Å²) in [5.74, 6) is 1.82. The first kappa shape index (κ1) is 17.5. The fourth-order valence-corrected chi connectivity index (χ4v) is 2.61. The van der Waals surface area contributed by atoms with Gasteiger partial charge in [-0.25, -0.2) is 0 Å². The van der Waals surface area contributed by atoms with Crippen molar-refractivity contribution in [1.82, 2.24) is 9.97 Å². The Hall–Kier alpha value is -3.34. The van der Waals surface area contributed by atoms with Crippen LogP contribution in [-0.2, 0) is 0 Å². The van der Waals surface area contributed by atoms with Crippen molar-refractivity contribution in [3.8, 4) is 28.6 Å². The SMILES string of the molecule is COc1ccc(C=Cc2ccc(-c3ccccn3)nc2)c(OC)c1OC. The molecule has 132 valence electrons. The molecule has 0 bridgehead atoms. The van der Waals surface area contributed by atoms with Crippen molar-refractivity contribution >= 4 is 12.2 Å². The number of methoxy groups -OCH3 is 3. The van der Waals surface area contributed by atoms with Crippen LogP contribution in [0.1, 0.15) is 11.1 Å². The Morgan fingerprint density at radius 3 is 2.15 bits per heavy atom. The Labute approximate surface area is 152 Å². The largest absolute Gasteiger partial charge is 0.493 e. The minimum absolute atomic E-state index is 0.570. The van der Waals surface area contributed by atoms with Crippen LogP contribution in [0.3, 0.4) is 0 Å². The number of rotatable bonds is 6. The van der Waals surface area contributed by atoms with E-state index in [1.807, 2.05) is 60.8 Å². The van der Waals surface area contributed by atoms with Crippen molar-refractivity contribution < 1.29 is 14.2 Å². The van der Waals surface area contributed by atoms with Gasteiger partial charge in [-0.1, -0.05) is 24.3 Å². The average molecular weight is 348 g/mol. The molecule has 0 N–H and O–H groups in total. The molecular formula is C21H20N2O3. The topological polar surface area (TPSA) is 53.5 Å². The maximum atomic E-state index is 5.50. The Kier molecular flexibility index (Phi) is 5.49. The minimum atomic E-state index is 0.570. The molecule has 1 aromatic carbocycles. The molecule has 0 amide bonds. The van der Waals surface area contributed by atoms with Crippen LogP contribution in [0, 0.1) is 0 Å². The molecular weight excluding hydrogens is 328 g/mol. The van der Waals surface area contributed by atoms with Crippen molar-refractivity contribution in [3.05, 3.63) is 66.0 Å². The summed E-state index contributed by atoms with van der Waals surface area (Å²) in [6.07, 6.45) is 7.50. The van der Waals surface area contributed by atoms with Gasteiger partial charge < -0.3 is 14.2 Å². The molecule has 0 unspecified atom stereocenters. The lowest BCUT2D eigenvalue weighted by Crippen LogP contribution is -1.96. The molecule has 0 aliphatic carbocycles. The van der Waals surface area contributed by atoms with Crippen molar-refractivity contribution in [2.45, 2.75) is 0 Å². The fraction of sp³-hybridized carbons (Fsp3) is 0.143. The summed E-state index contributed by atoms with van der Waals surface area (Å²) in [6.45, 7) is 0. The van der Waals surface area contributed by atoms with Gasteiger partial charge in [0.2, 0.25) is 5.75 Å². The lowest BCUT2D eigenvalue weighted by molar-refractivity contribution is 0.324. The molecule has 0 aliphatic rings. The molecule has 0 spiro atoms. The summed E-state index contributed by atoms with van der Waals surface area (Å²) in [6, 6.07) is 13.5. The van der Waals surface area contributed by atoms with E-state index in [1.54, 1.807) is 27.5 Å². The van der Waals surface area contributed by atoms with Gasteiger partial charge in [-0.15, -0.1) is 0 Å². The van der Waals surface area contributed by atoms with Gasteiger partial charge in [-0.3, -0.25) is 9.97 Å². The second-order valence-corrected chi connectivity index (χ2v) is 5.45. The predicted molar refractivity (Wildman–Crippen MR) is 102 cm³/mol. The number of ether oxygens (including phenoxy) is 3. The highest BCUT2D eigenvalue weighted by Gasteiger charge is 2.14. The van der Waals surface area contributed by atoms with Crippen LogP contribution in [0.2, 0.25) is 0 Å². The fourth-order valence-electron chi connectivity index (χ4n) is 2.61. The summed E-state index contributed by atoms with van der Waals surface area (Å²) in [7, 11) is 4.80. The van der Waals surface area contributed by atoms with E-state index >= 15 is 0 Å². The highest BCUT2D eigenvalue weighted by atomic mass is 16.5. The molecule has 0 radical (unpaired) electrons. The van der Waals surface area contributed by atoms with E-state index in [0.717, 1.165) is 22.5 Å². The molecule has 0 saturated carbocycles. The first-order chi connectivity index (χ1) is 12.8.